The van der Waals surface area contributed by atoms with Gasteiger partial charge in [-0.2, -0.15) is 0 Å². The second kappa shape index (κ2) is 8.29. The second-order valence-corrected chi connectivity index (χ2v) is 4.46. The molecule has 0 aromatic heterocycles. The van der Waals surface area contributed by atoms with Crippen molar-refractivity contribution in [3.63, 3.8) is 0 Å². The molecule has 2 unspecified atom stereocenters. The predicted octanol–water partition coefficient (Wildman–Crippen LogP) is 3.21. The average molecular weight is 241 g/mol. The fourth-order valence-electron chi connectivity index (χ4n) is 1.67. The average Bonchev–Trinajstić information content (AvgIpc) is 2.30. The van der Waals surface area contributed by atoms with Crippen LogP contribution in [0.15, 0.2) is 11.6 Å². The summed E-state index contributed by atoms with van der Waals surface area (Å²) in [6.45, 7) is 13.9. The Morgan fingerprint density at radius 3 is 2.18 bits per heavy atom. The van der Waals surface area contributed by atoms with E-state index in [-0.39, 0.29) is 12.2 Å². The summed E-state index contributed by atoms with van der Waals surface area (Å²) in [6.07, 6.45) is 2.87. The Kier molecular flexibility index (Phi) is 7.88. The van der Waals surface area contributed by atoms with Crippen molar-refractivity contribution in [2.75, 3.05) is 13.1 Å². The van der Waals surface area contributed by atoms with Crippen LogP contribution in [0.25, 0.3) is 0 Å². The number of ether oxygens (including phenoxy) is 1. The maximum absolute atomic E-state index is 11.8. The van der Waals surface area contributed by atoms with Gasteiger partial charge in [0.1, 0.15) is 0 Å². The van der Waals surface area contributed by atoms with E-state index >= 15 is 0 Å². The summed E-state index contributed by atoms with van der Waals surface area (Å²) < 4.78 is 5.42. The molecule has 0 amide bonds. The Balaban J connectivity index is 4.38. The number of hydrogen-bond acceptors (Lipinski definition) is 3. The highest BCUT2D eigenvalue weighted by Crippen LogP contribution is 2.10. The first-order valence-corrected chi connectivity index (χ1v) is 6.59. The largest absolute Gasteiger partial charge is 0.443 e. The SMILES string of the molecule is CCC(C)/C=C(\C)C(=O)OC(C)N(CC)CC. The van der Waals surface area contributed by atoms with E-state index in [9.17, 15) is 4.79 Å². The first-order valence-electron chi connectivity index (χ1n) is 6.59. The lowest BCUT2D eigenvalue weighted by molar-refractivity contribution is -0.152. The Labute approximate surface area is 106 Å². The summed E-state index contributed by atoms with van der Waals surface area (Å²) in [5.41, 5.74) is 0.707. The van der Waals surface area contributed by atoms with Gasteiger partial charge in [-0.25, -0.2) is 4.79 Å². The fraction of sp³-hybridized carbons (Fsp3) is 0.786. The normalized spacial score (nSPS) is 15.8. The van der Waals surface area contributed by atoms with Crippen LogP contribution in [0.3, 0.4) is 0 Å². The van der Waals surface area contributed by atoms with Crippen molar-refractivity contribution in [1.82, 2.24) is 4.90 Å². The van der Waals surface area contributed by atoms with Crippen LogP contribution in [-0.4, -0.2) is 30.2 Å². The number of rotatable bonds is 7. The number of carbonyl (C=O) groups is 1. The summed E-state index contributed by atoms with van der Waals surface area (Å²) in [5, 5.41) is 0. The molecule has 0 aliphatic heterocycles. The van der Waals surface area contributed by atoms with Crippen molar-refractivity contribution in [1.29, 1.82) is 0 Å². The summed E-state index contributed by atoms with van der Waals surface area (Å²) in [7, 11) is 0. The number of nitrogens with zero attached hydrogens (tertiary/aromatic N) is 1. The lowest BCUT2D eigenvalue weighted by atomic mass is 10.1. The molecule has 2 atom stereocenters. The van der Waals surface area contributed by atoms with Crippen LogP contribution < -0.4 is 0 Å². The topological polar surface area (TPSA) is 29.5 Å². The number of hydrogen-bond donors (Lipinski definition) is 0. The molecule has 0 saturated heterocycles. The molecule has 0 aliphatic carbocycles. The van der Waals surface area contributed by atoms with Crippen LogP contribution in [-0.2, 0) is 9.53 Å². The van der Waals surface area contributed by atoms with Gasteiger partial charge in [-0.3, -0.25) is 4.90 Å². The summed E-state index contributed by atoms with van der Waals surface area (Å²) in [4.78, 5) is 13.9. The van der Waals surface area contributed by atoms with E-state index in [0.717, 1.165) is 19.5 Å². The van der Waals surface area contributed by atoms with E-state index in [1.807, 2.05) is 19.9 Å². The molecule has 0 radical (unpaired) electrons. The number of allylic oxidation sites excluding steroid dienone is 1. The molecule has 100 valence electrons. The molecule has 0 saturated carbocycles. The Morgan fingerprint density at radius 1 is 1.24 bits per heavy atom. The summed E-state index contributed by atoms with van der Waals surface area (Å²) in [5.74, 6) is 0.219. The molecule has 0 spiro atoms. The standard InChI is InChI=1S/C14H27NO2/c1-7-11(4)10-12(5)14(16)17-13(6)15(8-2)9-3/h10-11,13H,7-9H2,1-6H3/b12-10+. The Hall–Kier alpha value is -0.830. The minimum atomic E-state index is -0.204. The molecule has 0 N–H and O–H groups in total. The van der Waals surface area contributed by atoms with Gasteiger partial charge >= 0.3 is 5.97 Å². The highest BCUT2D eigenvalue weighted by Gasteiger charge is 2.16. The number of carbonyl (C=O) groups excluding carboxylic acids is 1. The minimum absolute atomic E-state index is 0.155. The summed E-state index contributed by atoms with van der Waals surface area (Å²) in [6, 6.07) is 0. The van der Waals surface area contributed by atoms with Crippen LogP contribution in [0.2, 0.25) is 0 Å². The third-order valence-electron chi connectivity index (χ3n) is 3.10. The molecule has 3 heteroatoms. The third-order valence-corrected chi connectivity index (χ3v) is 3.10. The lowest BCUT2D eigenvalue weighted by Gasteiger charge is -2.26. The molecular formula is C14H27NO2. The molecule has 0 heterocycles. The van der Waals surface area contributed by atoms with Gasteiger partial charge in [-0.05, 0) is 32.9 Å². The molecule has 3 nitrogen and oxygen atoms in total. The molecule has 17 heavy (non-hydrogen) atoms. The fourth-order valence-corrected chi connectivity index (χ4v) is 1.67. The zero-order chi connectivity index (χ0) is 13.4. The van der Waals surface area contributed by atoms with Crippen molar-refractivity contribution < 1.29 is 9.53 Å². The maximum Gasteiger partial charge on any atom is 0.334 e. The van der Waals surface area contributed by atoms with E-state index < -0.39 is 0 Å². The molecule has 0 aromatic rings. The predicted molar refractivity (Wildman–Crippen MR) is 71.7 cm³/mol. The van der Waals surface area contributed by atoms with E-state index in [1.165, 1.54) is 0 Å². The first kappa shape index (κ1) is 16.2. The molecule has 0 aliphatic rings. The van der Waals surface area contributed by atoms with Crippen molar-refractivity contribution in [3.8, 4) is 0 Å². The van der Waals surface area contributed by atoms with Crippen molar-refractivity contribution in [2.45, 2.75) is 54.2 Å². The van der Waals surface area contributed by atoms with Gasteiger partial charge in [0.05, 0.1) is 0 Å². The number of esters is 1. The quantitative estimate of drug-likeness (QED) is 0.389. The van der Waals surface area contributed by atoms with Gasteiger partial charge in [-0.15, -0.1) is 0 Å². The van der Waals surface area contributed by atoms with Crippen LogP contribution in [0.5, 0.6) is 0 Å². The van der Waals surface area contributed by atoms with E-state index in [1.54, 1.807) is 0 Å². The Morgan fingerprint density at radius 2 is 1.76 bits per heavy atom. The van der Waals surface area contributed by atoms with Gasteiger partial charge in [0.2, 0.25) is 0 Å². The van der Waals surface area contributed by atoms with Crippen molar-refractivity contribution in [2.24, 2.45) is 5.92 Å². The maximum atomic E-state index is 11.8. The second-order valence-electron chi connectivity index (χ2n) is 4.46. The third kappa shape index (κ3) is 5.87. The highest BCUT2D eigenvalue weighted by molar-refractivity contribution is 5.87. The minimum Gasteiger partial charge on any atom is -0.443 e. The zero-order valence-electron chi connectivity index (χ0n) is 12.1. The molecule has 0 bridgehead atoms. The van der Waals surface area contributed by atoms with Gasteiger partial charge in [-0.1, -0.05) is 40.2 Å². The van der Waals surface area contributed by atoms with Crippen molar-refractivity contribution >= 4 is 5.97 Å². The van der Waals surface area contributed by atoms with Gasteiger partial charge in [0.15, 0.2) is 6.23 Å². The van der Waals surface area contributed by atoms with E-state index in [4.69, 9.17) is 4.74 Å². The molecular weight excluding hydrogens is 214 g/mol. The molecule has 0 rings (SSSR count). The highest BCUT2D eigenvalue weighted by atomic mass is 16.6. The van der Waals surface area contributed by atoms with Gasteiger partial charge in [0, 0.05) is 5.57 Å². The van der Waals surface area contributed by atoms with Crippen LogP contribution in [0.4, 0.5) is 0 Å². The van der Waals surface area contributed by atoms with Crippen molar-refractivity contribution in [3.05, 3.63) is 11.6 Å². The van der Waals surface area contributed by atoms with E-state index in [2.05, 4.69) is 32.6 Å². The summed E-state index contributed by atoms with van der Waals surface area (Å²) >= 11 is 0. The van der Waals surface area contributed by atoms with Gasteiger partial charge < -0.3 is 4.74 Å². The van der Waals surface area contributed by atoms with Gasteiger partial charge in [0.25, 0.3) is 0 Å². The lowest BCUT2D eigenvalue weighted by Crippen LogP contribution is -2.36. The first-order chi connectivity index (χ1) is 7.96. The van der Waals surface area contributed by atoms with Crippen LogP contribution >= 0.6 is 0 Å². The smallest absolute Gasteiger partial charge is 0.334 e. The molecule has 0 fully saturated rings. The van der Waals surface area contributed by atoms with Crippen LogP contribution in [0.1, 0.15) is 48.0 Å². The zero-order valence-corrected chi connectivity index (χ0v) is 12.1. The molecule has 0 aromatic carbocycles. The van der Waals surface area contributed by atoms with E-state index in [0.29, 0.717) is 11.5 Å². The Bertz CT molecular complexity index is 257. The monoisotopic (exact) mass is 241 g/mol. The van der Waals surface area contributed by atoms with Crippen LogP contribution in [0, 0.1) is 5.92 Å².